The second-order valence-corrected chi connectivity index (χ2v) is 3.12. The molecule has 2 rings (SSSR count). The number of hydrogen-bond donors (Lipinski definition) is 0. The highest BCUT2D eigenvalue weighted by molar-refractivity contribution is 9.10. The molecule has 1 heterocycles. The van der Waals surface area contributed by atoms with Gasteiger partial charge in [-0.2, -0.15) is 0 Å². The molecule has 0 radical (unpaired) electrons. The van der Waals surface area contributed by atoms with Gasteiger partial charge in [-0.15, -0.1) is 0 Å². The van der Waals surface area contributed by atoms with Crippen LogP contribution in [0.5, 0.6) is 0 Å². The molecule has 3 heteroatoms. The molecule has 0 spiro atoms. The first kappa shape index (κ1) is 6.85. The van der Waals surface area contributed by atoms with Crippen LogP contribution in [0.15, 0.2) is 27.4 Å². The number of rotatable bonds is 0. The number of fused-ring (bicyclic) bond motifs is 1. The fourth-order valence-electron chi connectivity index (χ4n) is 1.00. The third-order valence-electron chi connectivity index (χ3n) is 1.52. The third-order valence-corrected chi connectivity index (χ3v) is 1.86. The summed E-state index contributed by atoms with van der Waals surface area (Å²) in [6.07, 6.45) is 0. The zero-order valence-corrected chi connectivity index (χ0v) is 7.55. The lowest BCUT2D eigenvalue weighted by molar-refractivity contribution is 0.570. The van der Waals surface area contributed by atoms with Crippen LogP contribution in [0.3, 0.4) is 0 Å². The Balaban J connectivity index is 2.82. The zero-order chi connectivity index (χ0) is 7.84. The summed E-state index contributed by atoms with van der Waals surface area (Å²) in [6.45, 7) is 2.02. The fraction of sp³-hybridized carbons (Fsp3) is 0.125. The van der Waals surface area contributed by atoms with E-state index < -0.39 is 0 Å². The van der Waals surface area contributed by atoms with Gasteiger partial charge >= 0.3 is 0 Å². The zero-order valence-electron chi connectivity index (χ0n) is 5.97. The molecule has 0 aliphatic rings. The van der Waals surface area contributed by atoms with Crippen LogP contribution in [0.4, 0.5) is 0 Å². The van der Waals surface area contributed by atoms with E-state index in [4.69, 9.17) is 4.42 Å². The van der Waals surface area contributed by atoms with Crippen molar-refractivity contribution >= 4 is 27.0 Å². The van der Waals surface area contributed by atoms with Gasteiger partial charge in [0.2, 0.25) is 0 Å². The summed E-state index contributed by atoms with van der Waals surface area (Å²) >= 11 is 3.17. The monoisotopic (exact) mass is 211 g/mol. The highest BCUT2D eigenvalue weighted by Gasteiger charge is 2.00. The van der Waals surface area contributed by atoms with Gasteiger partial charge in [-0.25, -0.2) is 4.98 Å². The van der Waals surface area contributed by atoms with E-state index in [-0.39, 0.29) is 0 Å². The molecule has 0 atom stereocenters. The molecule has 2 nitrogen and oxygen atoms in total. The first-order valence-corrected chi connectivity index (χ1v) is 4.08. The van der Waals surface area contributed by atoms with Gasteiger partial charge in [0.1, 0.15) is 5.52 Å². The van der Waals surface area contributed by atoms with Crippen molar-refractivity contribution in [3.8, 4) is 0 Å². The third kappa shape index (κ3) is 1.16. The summed E-state index contributed by atoms with van der Waals surface area (Å²) in [7, 11) is 0. The number of benzene rings is 1. The minimum absolute atomic E-state index is 0.540. The standard InChI is InChI=1S/C8H6BrNO/c1-5-2-3-6-7(4-5)11-8(9)10-6/h2-4H,1H3. The van der Waals surface area contributed by atoms with Gasteiger partial charge in [0.25, 0.3) is 4.80 Å². The number of aryl methyl sites for hydroxylation is 1. The van der Waals surface area contributed by atoms with Crippen LogP contribution in [0.2, 0.25) is 0 Å². The SMILES string of the molecule is Cc1ccc2nc(Br)oc2c1. The van der Waals surface area contributed by atoms with Gasteiger partial charge in [0, 0.05) is 15.9 Å². The molecule has 0 saturated heterocycles. The van der Waals surface area contributed by atoms with Crippen LogP contribution in [0, 0.1) is 6.92 Å². The molecule has 11 heavy (non-hydrogen) atoms. The fourth-order valence-corrected chi connectivity index (χ4v) is 1.37. The van der Waals surface area contributed by atoms with E-state index in [1.54, 1.807) is 0 Å². The summed E-state index contributed by atoms with van der Waals surface area (Å²) in [6, 6.07) is 5.92. The Kier molecular flexibility index (Phi) is 1.46. The molecular weight excluding hydrogens is 206 g/mol. The first-order valence-electron chi connectivity index (χ1n) is 3.28. The lowest BCUT2D eigenvalue weighted by Gasteiger charge is -1.87. The number of oxazole rings is 1. The van der Waals surface area contributed by atoms with E-state index in [1.165, 1.54) is 5.56 Å². The van der Waals surface area contributed by atoms with E-state index >= 15 is 0 Å². The molecule has 0 unspecified atom stereocenters. The second-order valence-electron chi connectivity index (χ2n) is 2.44. The van der Waals surface area contributed by atoms with Gasteiger partial charge in [0.15, 0.2) is 5.58 Å². The molecule has 0 N–H and O–H groups in total. The van der Waals surface area contributed by atoms with Crippen molar-refractivity contribution in [2.75, 3.05) is 0 Å². The second kappa shape index (κ2) is 2.34. The summed E-state index contributed by atoms with van der Waals surface area (Å²) in [4.78, 5) is 4.64. The van der Waals surface area contributed by atoms with Gasteiger partial charge < -0.3 is 4.42 Å². The average molecular weight is 212 g/mol. The van der Waals surface area contributed by atoms with E-state index in [0.717, 1.165) is 11.1 Å². The number of nitrogens with zero attached hydrogens (tertiary/aromatic N) is 1. The molecule has 0 fully saturated rings. The van der Waals surface area contributed by atoms with Gasteiger partial charge in [-0.3, -0.25) is 0 Å². The summed E-state index contributed by atoms with van der Waals surface area (Å²) in [5.41, 5.74) is 2.90. The largest absolute Gasteiger partial charge is 0.431 e. The first-order chi connectivity index (χ1) is 5.25. The summed E-state index contributed by atoms with van der Waals surface area (Å²) < 4.78 is 5.25. The van der Waals surface area contributed by atoms with E-state index in [9.17, 15) is 0 Å². The maximum Gasteiger partial charge on any atom is 0.265 e. The van der Waals surface area contributed by atoms with Crippen LogP contribution in [-0.2, 0) is 0 Å². The highest BCUT2D eigenvalue weighted by atomic mass is 79.9. The molecule has 0 aliphatic carbocycles. The predicted molar refractivity (Wildman–Crippen MR) is 46.4 cm³/mol. The van der Waals surface area contributed by atoms with E-state index in [2.05, 4.69) is 20.9 Å². The Hall–Kier alpha value is -0.830. The van der Waals surface area contributed by atoms with E-state index in [1.807, 2.05) is 25.1 Å². The Bertz CT molecular complexity index is 394. The topological polar surface area (TPSA) is 26.0 Å². The van der Waals surface area contributed by atoms with Crippen molar-refractivity contribution in [3.63, 3.8) is 0 Å². The number of aromatic nitrogens is 1. The Labute approximate surface area is 72.4 Å². The molecule has 0 saturated carbocycles. The minimum Gasteiger partial charge on any atom is -0.431 e. The van der Waals surface area contributed by atoms with E-state index in [0.29, 0.717) is 4.80 Å². The van der Waals surface area contributed by atoms with Crippen molar-refractivity contribution in [3.05, 3.63) is 28.6 Å². The van der Waals surface area contributed by atoms with Crippen LogP contribution in [0.25, 0.3) is 11.1 Å². The maximum atomic E-state index is 5.25. The lowest BCUT2D eigenvalue weighted by Crippen LogP contribution is -1.70. The Morgan fingerprint density at radius 1 is 1.45 bits per heavy atom. The summed E-state index contributed by atoms with van der Waals surface area (Å²) in [5.74, 6) is 0. The average Bonchev–Trinajstić information content (AvgIpc) is 2.27. The molecule has 1 aromatic heterocycles. The Morgan fingerprint density at radius 2 is 2.27 bits per heavy atom. The molecule has 0 amide bonds. The van der Waals surface area contributed by atoms with Crippen LogP contribution in [0.1, 0.15) is 5.56 Å². The molecule has 0 bridgehead atoms. The lowest BCUT2D eigenvalue weighted by atomic mass is 10.2. The molecule has 56 valence electrons. The van der Waals surface area contributed by atoms with Gasteiger partial charge in [-0.05, 0) is 24.6 Å². The van der Waals surface area contributed by atoms with Crippen LogP contribution >= 0.6 is 15.9 Å². The van der Waals surface area contributed by atoms with Crippen molar-refractivity contribution in [2.45, 2.75) is 6.92 Å². The summed E-state index contributed by atoms with van der Waals surface area (Å²) in [5, 5.41) is 0. The molecular formula is C8H6BrNO. The molecule has 1 aromatic carbocycles. The number of halogens is 1. The minimum atomic E-state index is 0.540. The van der Waals surface area contributed by atoms with Crippen molar-refractivity contribution in [2.24, 2.45) is 0 Å². The van der Waals surface area contributed by atoms with Crippen LogP contribution in [-0.4, -0.2) is 4.98 Å². The highest BCUT2D eigenvalue weighted by Crippen LogP contribution is 2.19. The van der Waals surface area contributed by atoms with Crippen molar-refractivity contribution < 1.29 is 4.42 Å². The smallest absolute Gasteiger partial charge is 0.265 e. The number of hydrogen-bond acceptors (Lipinski definition) is 2. The van der Waals surface area contributed by atoms with Crippen molar-refractivity contribution in [1.82, 2.24) is 4.98 Å². The van der Waals surface area contributed by atoms with Crippen LogP contribution < -0.4 is 0 Å². The van der Waals surface area contributed by atoms with Gasteiger partial charge in [0.05, 0.1) is 0 Å². The molecule has 0 aliphatic heterocycles. The molecule has 2 aromatic rings. The predicted octanol–water partition coefficient (Wildman–Crippen LogP) is 2.90. The quantitative estimate of drug-likeness (QED) is 0.670. The van der Waals surface area contributed by atoms with Gasteiger partial charge in [-0.1, -0.05) is 6.07 Å². The Morgan fingerprint density at radius 3 is 3.09 bits per heavy atom. The maximum absolute atomic E-state index is 5.25. The van der Waals surface area contributed by atoms with Crippen molar-refractivity contribution in [1.29, 1.82) is 0 Å². The normalized spacial score (nSPS) is 10.7.